The Labute approximate surface area is 163 Å². The van der Waals surface area contributed by atoms with E-state index in [1.165, 1.54) is 12.2 Å². The zero-order valence-corrected chi connectivity index (χ0v) is 16.6. The molecule has 146 valence electrons. The Bertz CT molecular complexity index is 838. The van der Waals surface area contributed by atoms with Crippen LogP contribution in [0.1, 0.15) is 40.0 Å². The maximum absolute atomic E-state index is 15.3. The highest BCUT2D eigenvalue weighted by Crippen LogP contribution is 2.76. The Hall–Kier alpha value is -0.980. The Morgan fingerprint density at radius 3 is 2.70 bits per heavy atom. The number of halogens is 1. The standard InChI is InChI=1S/C21H25FO4S/c1-10-6-12-13-8-15(22)14-7-11(23)4-5-18(14,2)21(13)16(26-21)9-19(12,3)20(10,25)17(24)27/h4-5,7,10,12-13,15-16,25H,6,8-9H2,1-3H3,(H,24,27)/t10-,12?,13?,15+,16+,18+,19+,20+,21-/m1/s1. The molecule has 5 aliphatic rings. The van der Waals surface area contributed by atoms with Crippen molar-refractivity contribution in [2.75, 3.05) is 0 Å². The lowest BCUT2D eigenvalue weighted by molar-refractivity contribution is -0.153. The number of carbonyl (C=O) groups is 2. The van der Waals surface area contributed by atoms with E-state index in [1.807, 2.05) is 26.8 Å². The monoisotopic (exact) mass is 392 g/mol. The molecule has 4 fully saturated rings. The van der Waals surface area contributed by atoms with Crippen molar-refractivity contribution in [2.45, 2.75) is 63.5 Å². The Balaban J connectivity index is 1.64. The summed E-state index contributed by atoms with van der Waals surface area (Å²) < 4.78 is 21.6. The first-order chi connectivity index (χ1) is 12.5. The average Bonchev–Trinajstić information content (AvgIpc) is 3.27. The third kappa shape index (κ3) is 1.75. The summed E-state index contributed by atoms with van der Waals surface area (Å²) in [5.74, 6) is -0.559. The number of ketones is 1. The fraction of sp³-hybridized carbons (Fsp3) is 0.714. The predicted molar refractivity (Wildman–Crippen MR) is 99.9 cm³/mol. The largest absolute Gasteiger partial charge is 0.380 e. The first kappa shape index (κ1) is 18.1. The van der Waals surface area contributed by atoms with E-state index in [1.54, 1.807) is 0 Å². The second-order valence-corrected chi connectivity index (χ2v) is 10.1. The SMILES string of the molecule is C[C@@H]1CC2C3C[C@H](F)C4=CC(=O)C=C[C@]4(C)[C@@]34O[C@H]4C[C@]2(C)[C@@]1(O)C(=O)S. The molecule has 0 amide bonds. The van der Waals surface area contributed by atoms with Crippen LogP contribution in [0.3, 0.4) is 0 Å². The van der Waals surface area contributed by atoms with Gasteiger partial charge in [-0.3, -0.25) is 9.59 Å². The molecule has 0 bridgehead atoms. The second-order valence-electron chi connectivity index (χ2n) is 9.68. The van der Waals surface area contributed by atoms with Crippen LogP contribution in [0, 0.1) is 28.6 Å². The lowest BCUT2D eigenvalue weighted by atomic mass is 9.46. The molecule has 1 saturated heterocycles. The first-order valence-corrected chi connectivity index (χ1v) is 10.2. The summed E-state index contributed by atoms with van der Waals surface area (Å²) in [5.41, 5.74) is -2.91. The van der Waals surface area contributed by atoms with E-state index < -0.39 is 33.3 Å². The number of epoxide rings is 1. The molecule has 4 aliphatic carbocycles. The van der Waals surface area contributed by atoms with Crippen molar-refractivity contribution in [1.82, 2.24) is 0 Å². The fourth-order valence-electron chi connectivity index (χ4n) is 7.43. The van der Waals surface area contributed by atoms with Crippen LogP contribution in [0.2, 0.25) is 0 Å². The molecule has 3 saturated carbocycles. The smallest absolute Gasteiger partial charge is 0.218 e. The molecule has 5 rings (SSSR count). The van der Waals surface area contributed by atoms with Crippen LogP contribution in [-0.4, -0.2) is 39.5 Å². The molecule has 27 heavy (non-hydrogen) atoms. The molecule has 0 aromatic heterocycles. The summed E-state index contributed by atoms with van der Waals surface area (Å²) >= 11 is 4.03. The third-order valence-electron chi connectivity index (χ3n) is 8.83. The van der Waals surface area contributed by atoms with Crippen molar-refractivity contribution in [3.63, 3.8) is 0 Å². The zero-order valence-electron chi connectivity index (χ0n) is 15.7. The molecule has 4 nitrogen and oxygen atoms in total. The number of fused-ring (bicyclic) bond motifs is 3. The van der Waals surface area contributed by atoms with Crippen LogP contribution >= 0.6 is 12.6 Å². The molecule has 0 radical (unpaired) electrons. The van der Waals surface area contributed by atoms with Gasteiger partial charge >= 0.3 is 0 Å². The number of rotatable bonds is 1. The summed E-state index contributed by atoms with van der Waals surface area (Å²) in [7, 11) is 0. The maximum atomic E-state index is 15.3. The molecule has 1 N–H and O–H groups in total. The van der Waals surface area contributed by atoms with Gasteiger partial charge in [0.2, 0.25) is 5.12 Å². The minimum atomic E-state index is -1.53. The van der Waals surface area contributed by atoms with Crippen molar-refractivity contribution < 1.29 is 23.8 Å². The molecule has 6 heteroatoms. The van der Waals surface area contributed by atoms with E-state index in [2.05, 4.69) is 12.6 Å². The summed E-state index contributed by atoms with van der Waals surface area (Å²) in [4.78, 5) is 24.2. The van der Waals surface area contributed by atoms with Gasteiger partial charge in [0.25, 0.3) is 0 Å². The van der Waals surface area contributed by atoms with E-state index in [9.17, 15) is 14.7 Å². The average molecular weight is 392 g/mol. The van der Waals surface area contributed by atoms with Crippen molar-refractivity contribution in [1.29, 1.82) is 0 Å². The first-order valence-electron chi connectivity index (χ1n) is 9.75. The van der Waals surface area contributed by atoms with Gasteiger partial charge in [0, 0.05) is 10.8 Å². The molecular weight excluding hydrogens is 367 g/mol. The number of ether oxygens (including phenoxy) is 1. The van der Waals surface area contributed by atoms with Gasteiger partial charge < -0.3 is 9.84 Å². The van der Waals surface area contributed by atoms with Crippen LogP contribution in [0.25, 0.3) is 0 Å². The van der Waals surface area contributed by atoms with Gasteiger partial charge in [-0.15, -0.1) is 12.6 Å². The summed E-state index contributed by atoms with van der Waals surface area (Å²) in [6, 6.07) is 0. The fourth-order valence-corrected chi connectivity index (χ4v) is 7.91. The van der Waals surface area contributed by atoms with E-state index in [4.69, 9.17) is 4.74 Å². The minimum absolute atomic E-state index is 0.0324. The number of alkyl halides is 1. The molecule has 1 spiro atoms. The topological polar surface area (TPSA) is 66.9 Å². The maximum Gasteiger partial charge on any atom is 0.218 e. The Kier molecular flexibility index (Phi) is 3.31. The predicted octanol–water partition coefficient (Wildman–Crippen LogP) is 2.81. The van der Waals surface area contributed by atoms with Crippen molar-refractivity contribution in [3.05, 3.63) is 23.8 Å². The van der Waals surface area contributed by atoms with Crippen molar-refractivity contribution in [3.8, 4) is 0 Å². The van der Waals surface area contributed by atoms with Gasteiger partial charge in [-0.25, -0.2) is 4.39 Å². The van der Waals surface area contributed by atoms with E-state index in [-0.39, 0.29) is 36.1 Å². The van der Waals surface area contributed by atoms with Gasteiger partial charge in [-0.05, 0) is 61.7 Å². The van der Waals surface area contributed by atoms with Crippen molar-refractivity contribution in [2.24, 2.45) is 28.6 Å². The van der Waals surface area contributed by atoms with Crippen LogP contribution in [0.15, 0.2) is 23.8 Å². The normalized spacial score (nSPS) is 57.9. The van der Waals surface area contributed by atoms with E-state index in [0.717, 1.165) is 0 Å². The second kappa shape index (κ2) is 4.95. The van der Waals surface area contributed by atoms with Gasteiger partial charge in [-0.2, -0.15) is 0 Å². The molecule has 1 aliphatic heterocycles. The third-order valence-corrected chi connectivity index (χ3v) is 9.17. The van der Waals surface area contributed by atoms with Gasteiger partial charge in [-0.1, -0.05) is 19.9 Å². The zero-order chi connectivity index (χ0) is 19.6. The van der Waals surface area contributed by atoms with E-state index >= 15 is 4.39 Å². The van der Waals surface area contributed by atoms with Gasteiger partial charge in [0.1, 0.15) is 17.4 Å². The summed E-state index contributed by atoms with van der Waals surface area (Å²) in [5, 5.41) is 10.9. The van der Waals surface area contributed by atoms with E-state index in [0.29, 0.717) is 18.4 Å². The highest BCUT2D eigenvalue weighted by Gasteiger charge is 2.82. The Morgan fingerprint density at radius 2 is 2.04 bits per heavy atom. The molecule has 0 aromatic rings. The Morgan fingerprint density at radius 1 is 1.33 bits per heavy atom. The molecule has 9 atom stereocenters. The van der Waals surface area contributed by atoms with Crippen molar-refractivity contribution >= 4 is 23.5 Å². The molecular formula is C21H25FO4S. The number of allylic oxidation sites excluding steroid dienone is 2. The molecule has 2 unspecified atom stereocenters. The van der Waals surface area contributed by atoms with Crippen LogP contribution in [-0.2, 0) is 14.3 Å². The summed E-state index contributed by atoms with van der Waals surface area (Å²) in [6.45, 7) is 5.80. The van der Waals surface area contributed by atoms with Crippen LogP contribution < -0.4 is 0 Å². The number of thiol groups is 1. The highest BCUT2D eigenvalue weighted by molar-refractivity contribution is 7.96. The minimum Gasteiger partial charge on any atom is -0.380 e. The number of hydrogen-bond donors (Lipinski definition) is 2. The van der Waals surface area contributed by atoms with Gasteiger partial charge in [0.15, 0.2) is 5.78 Å². The molecule has 0 aromatic carbocycles. The number of hydrogen-bond acceptors (Lipinski definition) is 4. The summed E-state index contributed by atoms with van der Waals surface area (Å²) in [6.07, 6.45) is 4.85. The molecule has 1 heterocycles. The van der Waals surface area contributed by atoms with Crippen LogP contribution in [0.5, 0.6) is 0 Å². The lowest BCUT2D eigenvalue weighted by Gasteiger charge is -2.56. The van der Waals surface area contributed by atoms with Crippen LogP contribution in [0.4, 0.5) is 4.39 Å². The lowest BCUT2D eigenvalue weighted by Crippen LogP contribution is -2.62. The highest BCUT2D eigenvalue weighted by atomic mass is 32.1. The van der Waals surface area contributed by atoms with Gasteiger partial charge in [0.05, 0.1) is 6.10 Å². The quantitative estimate of drug-likeness (QED) is 0.532. The number of aliphatic hydroxyl groups is 1. The number of carbonyl (C=O) groups excluding carboxylic acids is 2.